The van der Waals surface area contributed by atoms with E-state index in [2.05, 4.69) is 17.5 Å². The molecular weight excluding hydrogens is 122 g/mol. The van der Waals surface area contributed by atoms with E-state index in [0.29, 0.717) is 0 Å². The van der Waals surface area contributed by atoms with Crippen molar-refractivity contribution in [1.29, 1.82) is 0 Å². The largest absolute Gasteiger partial charge is 0.350 e. The fourth-order valence-electron chi connectivity index (χ4n) is 0.355. The first kappa shape index (κ1) is 7.56. The molecule has 0 rings (SSSR count). The van der Waals surface area contributed by atoms with Crippen LogP contribution >= 0.6 is 12.2 Å². The Kier molecular flexibility index (Phi) is 3.35. The van der Waals surface area contributed by atoms with E-state index >= 15 is 0 Å². The number of nitrogens with one attached hydrogen (secondary N) is 1. The minimum atomic E-state index is -0.0430. The molecule has 0 aliphatic heterocycles. The van der Waals surface area contributed by atoms with Crippen molar-refractivity contribution in [3.63, 3.8) is 0 Å². The second-order valence-electron chi connectivity index (χ2n) is 1.63. The second kappa shape index (κ2) is 3.55. The maximum atomic E-state index is 10.2. The first-order chi connectivity index (χ1) is 3.66. The molecule has 1 atom stereocenters. The second-order valence-corrected chi connectivity index (χ2v) is 1.90. The number of hydrogen-bond acceptors (Lipinski definition) is 2. The summed E-state index contributed by atoms with van der Waals surface area (Å²) in [6, 6.07) is 0.0162. The van der Waals surface area contributed by atoms with Crippen LogP contribution in [0.1, 0.15) is 13.8 Å². The average Bonchev–Trinajstić information content (AvgIpc) is 1.65. The van der Waals surface area contributed by atoms with Crippen molar-refractivity contribution >= 4 is 23.5 Å². The number of rotatable bonds is 2. The van der Waals surface area contributed by atoms with Crippen LogP contribution in [0.15, 0.2) is 0 Å². The summed E-state index contributed by atoms with van der Waals surface area (Å²) >= 11 is 4.55. The van der Waals surface area contributed by atoms with E-state index < -0.39 is 0 Å². The van der Waals surface area contributed by atoms with Crippen molar-refractivity contribution in [1.82, 2.24) is 5.32 Å². The molecule has 0 aliphatic rings. The van der Waals surface area contributed by atoms with Crippen molar-refractivity contribution in [2.75, 3.05) is 0 Å². The van der Waals surface area contributed by atoms with Gasteiger partial charge in [-0.05, 0) is 6.92 Å². The lowest BCUT2D eigenvalue weighted by atomic mass is 10.4. The first-order valence-corrected chi connectivity index (χ1v) is 2.86. The highest BCUT2D eigenvalue weighted by Gasteiger charge is 1.94. The molecule has 1 amide bonds. The normalized spacial score (nSPS) is 12.2. The van der Waals surface area contributed by atoms with Crippen molar-refractivity contribution in [2.45, 2.75) is 19.9 Å². The molecule has 3 heteroatoms. The number of carbonyl (C=O) groups excluding carboxylic acids is 1. The van der Waals surface area contributed by atoms with Gasteiger partial charge in [0.15, 0.2) is 0 Å². The summed E-state index contributed by atoms with van der Waals surface area (Å²) in [4.78, 5) is 10.2. The predicted molar refractivity (Wildman–Crippen MR) is 36.9 cm³/mol. The zero-order valence-electron chi connectivity index (χ0n) is 4.97. The Morgan fingerprint density at radius 3 is 2.50 bits per heavy atom. The zero-order valence-corrected chi connectivity index (χ0v) is 5.79. The maximum Gasteiger partial charge on any atom is 0.217 e. The number of hydrogen-bond donors (Lipinski definition) is 1. The Morgan fingerprint density at radius 2 is 2.38 bits per heavy atom. The maximum absolute atomic E-state index is 10.2. The highest BCUT2D eigenvalue weighted by molar-refractivity contribution is 7.79. The van der Waals surface area contributed by atoms with Gasteiger partial charge in [0.2, 0.25) is 5.91 Å². The van der Waals surface area contributed by atoms with Gasteiger partial charge in [-0.1, -0.05) is 12.2 Å². The third-order valence-electron chi connectivity index (χ3n) is 0.635. The molecule has 8 heavy (non-hydrogen) atoms. The summed E-state index contributed by atoms with van der Waals surface area (Å²) in [5.41, 5.74) is 0. The van der Waals surface area contributed by atoms with Crippen LogP contribution in [0.2, 0.25) is 0 Å². The number of thiocarbonyl (C=S) groups is 1. The molecule has 0 aromatic heterocycles. The highest BCUT2D eigenvalue weighted by Crippen LogP contribution is 1.73. The summed E-state index contributed by atoms with van der Waals surface area (Å²) in [7, 11) is 0. The van der Waals surface area contributed by atoms with E-state index in [-0.39, 0.29) is 11.9 Å². The van der Waals surface area contributed by atoms with Gasteiger partial charge in [-0.25, -0.2) is 0 Å². The quantitative estimate of drug-likeness (QED) is 0.553. The molecule has 0 aromatic rings. The van der Waals surface area contributed by atoms with Crippen molar-refractivity contribution in [3.8, 4) is 0 Å². The van der Waals surface area contributed by atoms with Gasteiger partial charge in [0.05, 0.1) is 6.04 Å². The summed E-state index contributed by atoms with van der Waals surface area (Å²) in [6.07, 6.45) is 0. The fraction of sp³-hybridized carbons (Fsp3) is 0.600. The lowest BCUT2D eigenvalue weighted by molar-refractivity contribution is -0.119. The summed E-state index contributed by atoms with van der Waals surface area (Å²) < 4.78 is 0. The van der Waals surface area contributed by atoms with Gasteiger partial charge < -0.3 is 5.32 Å². The van der Waals surface area contributed by atoms with Crippen molar-refractivity contribution in [3.05, 3.63) is 0 Å². The average molecular weight is 131 g/mol. The fourth-order valence-corrected chi connectivity index (χ4v) is 0.423. The lowest BCUT2D eigenvalue weighted by Gasteiger charge is -2.02. The van der Waals surface area contributed by atoms with E-state index in [1.54, 1.807) is 0 Å². The third kappa shape index (κ3) is 3.74. The monoisotopic (exact) mass is 131 g/mol. The van der Waals surface area contributed by atoms with Gasteiger partial charge in [-0.3, -0.25) is 4.79 Å². The van der Waals surface area contributed by atoms with E-state index in [0.717, 1.165) is 0 Å². The van der Waals surface area contributed by atoms with Crippen LogP contribution in [0, 0.1) is 0 Å². The van der Waals surface area contributed by atoms with Gasteiger partial charge in [-0.15, -0.1) is 0 Å². The smallest absolute Gasteiger partial charge is 0.217 e. The first-order valence-electron chi connectivity index (χ1n) is 2.39. The Bertz CT molecular complexity index is 103. The Morgan fingerprint density at radius 1 is 1.88 bits per heavy atom. The van der Waals surface area contributed by atoms with Crippen molar-refractivity contribution < 1.29 is 4.79 Å². The van der Waals surface area contributed by atoms with Crippen LogP contribution in [0.25, 0.3) is 0 Å². The summed E-state index contributed by atoms with van der Waals surface area (Å²) in [5.74, 6) is -0.0430. The molecule has 46 valence electrons. The summed E-state index contributed by atoms with van der Waals surface area (Å²) in [5, 5.41) is 4.11. The molecule has 0 heterocycles. The molecule has 1 N–H and O–H groups in total. The van der Waals surface area contributed by atoms with Crippen molar-refractivity contribution in [2.24, 2.45) is 0 Å². The van der Waals surface area contributed by atoms with Crippen LogP contribution in [0.3, 0.4) is 0 Å². The highest BCUT2D eigenvalue weighted by atomic mass is 32.1. The van der Waals surface area contributed by atoms with Gasteiger partial charge in [0.1, 0.15) is 0 Å². The molecule has 0 saturated heterocycles. The SMILES string of the molecule is CC(=O)NC(C)C=S. The minimum absolute atomic E-state index is 0.0162. The van der Waals surface area contributed by atoms with E-state index in [4.69, 9.17) is 0 Å². The molecule has 0 aliphatic carbocycles. The van der Waals surface area contributed by atoms with Crippen LogP contribution in [0.4, 0.5) is 0 Å². The Labute approximate surface area is 54.3 Å². The molecule has 2 nitrogen and oxygen atoms in total. The van der Waals surface area contributed by atoms with Gasteiger partial charge in [0, 0.05) is 12.3 Å². The van der Waals surface area contributed by atoms with E-state index in [9.17, 15) is 4.79 Å². The molecule has 1 unspecified atom stereocenters. The van der Waals surface area contributed by atoms with Gasteiger partial charge >= 0.3 is 0 Å². The Balaban J connectivity index is 3.38. The molecule has 0 radical (unpaired) electrons. The molecule has 0 aromatic carbocycles. The van der Waals surface area contributed by atoms with Crippen LogP contribution in [-0.2, 0) is 4.79 Å². The Hall–Kier alpha value is -0.440. The van der Waals surface area contributed by atoms with Crippen LogP contribution in [0.5, 0.6) is 0 Å². The molecule has 0 fully saturated rings. The van der Waals surface area contributed by atoms with Gasteiger partial charge in [0.25, 0.3) is 0 Å². The van der Waals surface area contributed by atoms with E-state index in [1.807, 2.05) is 6.92 Å². The molecule has 0 saturated carbocycles. The van der Waals surface area contributed by atoms with Crippen LogP contribution < -0.4 is 5.32 Å². The van der Waals surface area contributed by atoms with E-state index in [1.165, 1.54) is 12.3 Å². The number of amides is 1. The predicted octanol–water partition coefficient (Wildman–Crippen LogP) is 0.511. The lowest BCUT2D eigenvalue weighted by Crippen LogP contribution is -2.30. The third-order valence-corrected chi connectivity index (χ3v) is 1.04. The molecular formula is C5H9NOS. The van der Waals surface area contributed by atoms with Gasteiger partial charge in [-0.2, -0.15) is 0 Å². The number of carbonyl (C=O) groups is 1. The zero-order chi connectivity index (χ0) is 6.57. The standard InChI is InChI=1S/C5H9NOS/c1-4(3-8)6-5(2)7/h3-4H,1-2H3,(H,6,7). The topological polar surface area (TPSA) is 29.1 Å². The molecule has 0 spiro atoms. The molecule has 0 bridgehead atoms. The minimum Gasteiger partial charge on any atom is -0.350 e. The summed E-state index contributed by atoms with van der Waals surface area (Å²) in [6.45, 7) is 3.30. The van der Waals surface area contributed by atoms with Crippen LogP contribution in [-0.4, -0.2) is 17.3 Å².